The molecule has 1 amide bonds. The molecular formula is C27H28BrClN4O2S. The Hall–Kier alpha value is -2.68. The fraction of sp³-hybridized carbons (Fsp3) is 0.296. The Bertz CT molecular complexity index is 1400. The molecule has 0 saturated heterocycles. The van der Waals surface area contributed by atoms with Gasteiger partial charge in [-0.05, 0) is 74.0 Å². The van der Waals surface area contributed by atoms with Crippen LogP contribution < -0.4 is 5.32 Å². The molecule has 0 fully saturated rings. The molecule has 2 aromatic heterocycles. The number of nitrogens with one attached hydrogen (secondary N) is 1. The molecule has 4 aromatic rings. The molecule has 2 heterocycles. The van der Waals surface area contributed by atoms with Crippen molar-refractivity contribution in [2.24, 2.45) is 0 Å². The van der Waals surface area contributed by atoms with Gasteiger partial charge >= 0.3 is 6.09 Å². The summed E-state index contributed by atoms with van der Waals surface area (Å²) in [4.78, 5) is 15.2. The first-order valence-electron chi connectivity index (χ1n) is 11.5. The van der Waals surface area contributed by atoms with Crippen molar-refractivity contribution in [3.63, 3.8) is 0 Å². The summed E-state index contributed by atoms with van der Waals surface area (Å²) in [6, 6.07) is 16.2. The molecule has 1 atom stereocenters. The van der Waals surface area contributed by atoms with Gasteiger partial charge in [0.05, 0.1) is 6.04 Å². The Morgan fingerprint density at radius 3 is 2.67 bits per heavy atom. The summed E-state index contributed by atoms with van der Waals surface area (Å²) in [6.45, 7) is 8.15. The predicted molar refractivity (Wildman–Crippen MR) is 152 cm³/mol. The number of nitrogens with zero attached hydrogens (tertiary/aromatic N) is 3. The van der Waals surface area contributed by atoms with Crippen LogP contribution in [0.25, 0.3) is 21.9 Å². The van der Waals surface area contributed by atoms with Gasteiger partial charge in [0.1, 0.15) is 5.60 Å². The van der Waals surface area contributed by atoms with E-state index in [1.807, 2.05) is 57.2 Å². The number of rotatable bonds is 6. The highest BCUT2D eigenvalue weighted by molar-refractivity contribution is 9.10. The van der Waals surface area contributed by atoms with Crippen LogP contribution in [0.5, 0.6) is 0 Å². The monoisotopic (exact) mass is 586 g/mol. The van der Waals surface area contributed by atoms with E-state index in [2.05, 4.69) is 55.9 Å². The Morgan fingerprint density at radius 2 is 1.92 bits per heavy atom. The second-order valence-corrected chi connectivity index (χ2v) is 11.8. The summed E-state index contributed by atoms with van der Waals surface area (Å²) in [5.74, 6) is 0.684. The number of aromatic nitrogens is 2. The molecule has 0 aliphatic rings. The second-order valence-electron chi connectivity index (χ2n) is 9.63. The Morgan fingerprint density at radius 1 is 1.17 bits per heavy atom. The highest BCUT2D eigenvalue weighted by Gasteiger charge is 2.21. The van der Waals surface area contributed by atoms with Crippen LogP contribution in [0.4, 0.5) is 10.6 Å². The van der Waals surface area contributed by atoms with Gasteiger partial charge in [0.25, 0.3) is 0 Å². The van der Waals surface area contributed by atoms with E-state index in [4.69, 9.17) is 16.3 Å². The normalized spacial score (nSPS) is 12.4. The zero-order valence-corrected chi connectivity index (χ0v) is 24.0. The quantitative estimate of drug-likeness (QED) is 0.246. The predicted octanol–water partition coefficient (Wildman–Crippen LogP) is 8.31. The van der Waals surface area contributed by atoms with E-state index < -0.39 is 5.60 Å². The number of hydrogen-bond donors (Lipinski definition) is 1. The number of carbonyl (C=O) groups excluding carboxylic acids is 1. The first-order valence-corrected chi connectivity index (χ1v) is 13.6. The summed E-state index contributed by atoms with van der Waals surface area (Å²) in [5.41, 5.74) is 2.71. The van der Waals surface area contributed by atoms with Gasteiger partial charge in [-0.3, -0.25) is 0 Å². The molecule has 4 rings (SSSR count). The molecule has 0 bridgehead atoms. The lowest BCUT2D eigenvalue weighted by molar-refractivity contribution is 0.0285. The third kappa shape index (κ3) is 6.17. The smallest absolute Gasteiger partial charge is 0.410 e. The van der Waals surface area contributed by atoms with Crippen LogP contribution >= 0.6 is 38.9 Å². The van der Waals surface area contributed by atoms with Crippen molar-refractivity contribution in [2.45, 2.75) is 45.9 Å². The maximum Gasteiger partial charge on any atom is 0.410 e. The molecule has 0 saturated carbocycles. The lowest BCUT2D eigenvalue weighted by Gasteiger charge is -2.25. The van der Waals surface area contributed by atoms with Crippen molar-refractivity contribution < 1.29 is 9.53 Å². The minimum atomic E-state index is -0.535. The van der Waals surface area contributed by atoms with Gasteiger partial charge in [-0.15, -0.1) is 21.5 Å². The molecule has 0 spiro atoms. The number of hydrogen-bond acceptors (Lipinski definition) is 6. The number of thiophene rings is 1. The van der Waals surface area contributed by atoms with E-state index in [-0.39, 0.29) is 12.1 Å². The topological polar surface area (TPSA) is 67.4 Å². The molecule has 2 aromatic carbocycles. The van der Waals surface area contributed by atoms with Crippen LogP contribution in [0.2, 0.25) is 5.15 Å². The van der Waals surface area contributed by atoms with Crippen LogP contribution in [0.15, 0.2) is 58.4 Å². The van der Waals surface area contributed by atoms with E-state index in [1.165, 1.54) is 0 Å². The van der Waals surface area contributed by atoms with E-state index in [0.29, 0.717) is 17.5 Å². The van der Waals surface area contributed by atoms with Crippen LogP contribution in [0, 0.1) is 0 Å². The van der Waals surface area contributed by atoms with Crippen LogP contribution in [0.1, 0.15) is 44.2 Å². The SMILES string of the molecule is C[C@@H](Nc1nnc(Cl)c2cc(Br)ccc12)c1cc(-c2ccccc2CN(C)C(=O)OC(C)(C)C)cs1. The zero-order chi connectivity index (χ0) is 26.0. The Balaban J connectivity index is 1.54. The molecule has 0 radical (unpaired) electrons. The molecule has 0 aliphatic heterocycles. The number of ether oxygens (including phenoxy) is 1. The van der Waals surface area contributed by atoms with Crippen molar-refractivity contribution in [3.8, 4) is 11.1 Å². The molecule has 1 N–H and O–H groups in total. The molecule has 6 nitrogen and oxygen atoms in total. The molecule has 9 heteroatoms. The van der Waals surface area contributed by atoms with Gasteiger partial charge in [0.2, 0.25) is 0 Å². The first-order chi connectivity index (χ1) is 17.0. The average molecular weight is 588 g/mol. The number of fused-ring (bicyclic) bond motifs is 1. The highest BCUT2D eigenvalue weighted by Crippen LogP contribution is 2.35. The minimum Gasteiger partial charge on any atom is -0.444 e. The maximum absolute atomic E-state index is 12.5. The van der Waals surface area contributed by atoms with Crippen molar-refractivity contribution in [1.82, 2.24) is 15.1 Å². The molecule has 36 heavy (non-hydrogen) atoms. The van der Waals surface area contributed by atoms with E-state index in [9.17, 15) is 4.79 Å². The van der Waals surface area contributed by atoms with Crippen molar-refractivity contribution in [3.05, 3.63) is 74.0 Å². The summed E-state index contributed by atoms with van der Waals surface area (Å²) in [6.07, 6.45) is -0.343. The minimum absolute atomic E-state index is 0.00247. The summed E-state index contributed by atoms with van der Waals surface area (Å²) in [5, 5.41) is 16.2. The number of benzene rings is 2. The van der Waals surface area contributed by atoms with Crippen molar-refractivity contribution >= 4 is 61.6 Å². The number of halogens is 2. The average Bonchev–Trinajstić information content (AvgIpc) is 3.30. The fourth-order valence-electron chi connectivity index (χ4n) is 3.80. The van der Waals surface area contributed by atoms with Crippen LogP contribution in [0.3, 0.4) is 0 Å². The zero-order valence-electron chi connectivity index (χ0n) is 20.8. The van der Waals surface area contributed by atoms with Crippen LogP contribution in [-0.4, -0.2) is 33.8 Å². The van der Waals surface area contributed by atoms with E-state index in [1.54, 1.807) is 23.3 Å². The Labute approximate surface area is 228 Å². The van der Waals surface area contributed by atoms with E-state index in [0.717, 1.165) is 36.8 Å². The number of carbonyl (C=O) groups is 1. The fourth-order valence-corrected chi connectivity index (χ4v) is 5.27. The van der Waals surface area contributed by atoms with Gasteiger partial charge in [0, 0.05) is 33.7 Å². The third-order valence-electron chi connectivity index (χ3n) is 5.54. The van der Waals surface area contributed by atoms with Gasteiger partial charge in [-0.25, -0.2) is 4.79 Å². The van der Waals surface area contributed by atoms with Crippen molar-refractivity contribution in [2.75, 3.05) is 12.4 Å². The van der Waals surface area contributed by atoms with Crippen molar-refractivity contribution in [1.29, 1.82) is 0 Å². The lowest BCUT2D eigenvalue weighted by atomic mass is 10.0. The van der Waals surface area contributed by atoms with E-state index >= 15 is 0 Å². The number of anilines is 1. The van der Waals surface area contributed by atoms with Gasteiger partial charge in [-0.2, -0.15) is 0 Å². The van der Waals surface area contributed by atoms with Gasteiger partial charge < -0.3 is 15.0 Å². The highest BCUT2D eigenvalue weighted by atomic mass is 79.9. The second kappa shape index (κ2) is 10.7. The summed E-state index contributed by atoms with van der Waals surface area (Å²) < 4.78 is 6.45. The molecule has 0 unspecified atom stereocenters. The van der Waals surface area contributed by atoms with Gasteiger partial charge in [0.15, 0.2) is 11.0 Å². The lowest BCUT2D eigenvalue weighted by Crippen LogP contribution is -2.33. The Kier molecular flexibility index (Phi) is 7.87. The standard InChI is InChI=1S/C27H28BrClN4O2S/c1-16(30-25-21-11-10-19(28)13-22(21)24(29)31-32-25)23-12-18(15-36-23)20-9-7-6-8-17(20)14-33(5)26(34)35-27(2,3)4/h6-13,15-16H,14H2,1-5H3,(H,30,32)/t16-/m1/s1. The summed E-state index contributed by atoms with van der Waals surface area (Å²) >= 11 is 11.4. The molecule has 0 aliphatic carbocycles. The molecule has 188 valence electrons. The first kappa shape index (κ1) is 26.4. The molecular weight excluding hydrogens is 560 g/mol. The summed E-state index contributed by atoms with van der Waals surface area (Å²) in [7, 11) is 1.76. The number of amides is 1. The van der Waals surface area contributed by atoms with Gasteiger partial charge in [-0.1, -0.05) is 51.8 Å². The van der Waals surface area contributed by atoms with Crippen LogP contribution in [-0.2, 0) is 11.3 Å². The largest absolute Gasteiger partial charge is 0.444 e. The third-order valence-corrected chi connectivity index (χ3v) is 7.43. The maximum atomic E-state index is 12.5.